The van der Waals surface area contributed by atoms with Gasteiger partial charge in [-0.05, 0) is 56.6 Å². The number of amides is 1. The molecule has 1 aromatic carbocycles. The van der Waals surface area contributed by atoms with Gasteiger partial charge in [0.2, 0.25) is 0 Å². The number of rotatable bonds is 5. The maximum absolute atomic E-state index is 12.5. The van der Waals surface area contributed by atoms with Gasteiger partial charge in [0.25, 0.3) is 5.91 Å². The van der Waals surface area contributed by atoms with E-state index < -0.39 is 0 Å². The summed E-state index contributed by atoms with van der Waals surface area (Å²) in [5, 5.41) is 0. The highest BCUT2D eigenvalue weighted by Gasteiger charge is 2.23. The first-order valence-corrected chi connectivity index (χ1v) is 8.16. The number of benzene rings is 1. The summed E-state index contributed by atoms with van der Waals surface area (Å²) in [5.74, 6) is 0.114. The Morgan fingerprint density at radius 2 is 1.90 bits per heavy atom. The maximum atomic E-state index is 12.5. The second-order valence-corrected chi connectivity index (χ2v) is 6.41. The number of likely N-dealkylation sites (N-methyl/N-ethyl adjacent to an activating group) is 1. The number of hydrogen-bond donors (Lipinski definition) is 0. The normalized spacial score (nSPS) is 17.1. The van der Waals surface area contributed by atoms with Crippen molar-refractivity contribution in [2.75, 3.05) is 26.7 Å². The Labute approximate surface area is 130 Å². The highest BCUT2D eigenvalue weighted by molar-refractivity contribution is 9.10. The van der Waals surface area contributed by atoms with Crippen LogP contribution in [-0.2, 0) is 0 Å². The molecule has 1 heterocycles. The summed E-state index contributed by atoms with van der Waals surface area (Å²) in [5.41, 5.74) is 0.760. The number of hydrogen-bond acceptors (Lipinski definition) is 2. The molecule has 1 aromatic rings. The lowest BCUT2D eigenvalue weighted by atomic mass is 10.1. The van der Waals surface area contributed by atoms with E-state index in [1.165, 1.54) is 25.9 Å². The molecule has 0 saturated carbocycles. The van der Waals surface area contributed by atoms with Crippen LogP contribution in [-0.4, -0.2) is 48.4 Å². The average Bonchev–Trinajstić information content (AvgIpc) is 2.97. The van der Waals surface area contributed by atoms with Crippen LogP contribution < -0.4 is 0 Å². The van der Waals surface area contributed by atoms with E-state index in [-0.39, 0.29) is 5.91 Å². The highest BCUT2D eigenvalue weighted by atomic mass is 79.9. The minimum Gasteiger partial charge on any atom is -0.337 e. The summed E-state index contributed by atoms with van der Waals surface area (Å²) in [6.07, 6.45) is 3.58. The van der Waals surface area contributed by atoms with Crippen molar-refractivity contribution >= 4 is 21.8 Å². The van der Waals surface area contributed by atoms with E-state index in [1.54, 1.807) is 0 Å². The van der Waals surface area contributed by atoms with Gasteiger partial charge in [-0.3, -0.25) is 4.79 Å². The Bertz CT molecular complexity index is 440. The lowest BCUT2D eigenvalue weighted by molar-refractivity contribution is 0.0693. The van der Waals surface area contributed by atoms with Gasteiger partial charge in [0.15, 0.2) is 0 Å². The second-order valence-electron chi connectivity index (χ2n) is 5.49. The third-order valence-corrected chi connectivity index (χ3v) is 4.63. The molecule has 0 spiro atoms. The first-order valence-electron chi connectivity index (χ1n) is 7.37. The summed E-state index contributed by atoms with van der Waals surface area (Å²) >= 11 is 3.40. The first-order chi connectivity index (χ1) is 9.61. The van der Waals surface area contributed by atoms with Crippen molar-refractivity contribution in [2.45, 2.75) is 32.2 Å². The van der Waals surface area contributed by atoms with Crippen molar-refractivity contribution in [1.29, 1.82) is 0 Å². The van der Waals surface area contributed by atoms with Crippen molar-refractivity contribution in [1.82, 2.24) is 9.80 Å². The molecule has 0 aromatic heterocycles. The SMILES string of the molecule is CCC(CN1CCCC1)N(C)C(=O)c1ccc(Br)cc1. The maximum Gasteiger partial charge on any atom is 0.253 e. The van der Waals surface area contributed by atoms with Crippen molar-refractivity contribution in [2.24, 2.45) is 0 Å². The zero-order valence-corrected chi connectivity index (χ0v) is 13.9. The Morgan fingerprint density at radius 1 is 1.30 bits per heavy atom. The van der Waals surface area contributed by atoms with Crippen molar-refractivity contribution in [3.63, 3.8) is 0 Å². The fourth-order valence-electron chi connectivity index (χ4n) is 2.75. The van der Waals surface area contributed by atoms with Crippen LogP contribution in [0.3, 0.4) is 0 Å². The molecule has 1 amide bonds. The predicted octanol–water partition coefficient (Wildman–Crippen LogP) is 3.40. The van der Waals surface area contributed by atoms with Gasteiger partial charge in [0.05, 0.1) is 0 Å². The molecule has 110 valence electrons. The van der Waals surface area contributed by atoms with Crippen LogP contribution >= 0.6 is 15.9 Å². The number of carbonyl (C=O) groups is 1. The molecular weight excluding hydrogens is 316 g/mol. The molecule has 2 rings (SSSR count). The van der Waals surface area contributed by atoms with Gasteiger partial charge in [-0.1, -0.05) is 22.9 Å². The minimum atomic E-state index is 0.114. The van der Waals surface area contributed by atoms with Gasteiger partial charge in [0.1, 0.15) is 0 Å². The topological polar surface area (TPSA) is 23.6 Å². The first kappa shape index (κ1) is 15.5. The molecule has 0 aliphatic carbocycles. The molecule has 1 unspecified atom stereocenters. The van der Waals surface area contributed by atoms with Crippen LogP contribution in [0.2, 0.25) is 0 Å². The minimum absolute atomic E-state index is 0.114. The van der Waals surface area contributed by atoms with Crippen LogP contribution in [0, 0.1) is 0 Å². The quantitative estimate of drug-likeness (QED) is 0.821. The van der Waals surface area contributed by atoms with E-state index in [1.807, 2.05) is 36.2 Å². The van der Waals surface area contributed by atoms with E-state index in [0.29, 0.717) is 6.04 Å². The van der Waals surface area contributed by atoms with Gasteiger partial charge < -0.3 is 9.80 Å². The lowest BCUT2D eigenvalue weighted by Crippen LogP contribution is -2.44. The number of halogens is 1. The summed E-state index contributed by atoms with van der Waals surface area (Å²) in [6.45, 7) is 5.51. The van der Waals surface area contributed by atoms with Gasteiger partial charge in [0, 0.05) is 29.7 Å². The smallest absolute Gasteiger partial charge is 0.253 e. The molecule has 1 atom stereocenters. The molecule has 3 nitrogen and oxygen atoms in total. The largest absolute Gasteiger partial charge is 0.337 e. The molecule has 0 N–H and O–H groups in total. The predicted molar refractivity (Wildman–Crippen MR) is 86.0 cm³/mol. The van der Waals surface area contributed by atoms with Crippen LogP contribution in [0.25, 0.3) is 0 Å². The van der Waals surface area contributed by atoms with Gasteiger partial charge >= 0.3 is 0 Å². The van der Waals surface area contributed by atoms with Crippen molar-refractivity contribution in [3.8, 4) is 0 Å². The van der Waals surface area contributed by atoms with Crippen LogP contribution in [0.4, 0.5) is 0 Å². The van der Waals surface area contributed by atoms with E-state index in [4.69, 9.17) is 0 Å². The Balaban J connectivity index is 2.01. The monoisotopic (exact) mass is 338 g/mol. The van der Waals surface area contributed by atoms with E-state index in [9.17, 15) is 4.79 Å². The highest BCUT2D eigenvalue weighted by Crippen LogP contribution is 2.16. The second kappa shape index (κ2) is 7.23. The fraction of sp³-hybridized carbons (Fsp3) is 0.562. The van der Waals surface area contributed by atoms with Gasteiger partial charge in [-0.15, -0.1) is 0 Å². The van der Waals surface area contributed by atoms with Crippen LogP contribution in [0.5, 0.6) is 0 Å². The van der Waals surface area contributed by atoms with Crippen LogP contribution in [0.15, 0.2) is 28.7 Å². The van der Waals surface area contributed by atoms with Crippen molar-refractivity contribution < 1.29 is 4.79 Å². The van der Waals surface area contributed by atoms with Gasteiger partial charge in [-0.25, -0.2) is 0 Å². The fourth-order valence-corrected chi connectivity index (χ4v) is 3.01. The molecule has 0 bridgehead atoms. The van der Waals surface area contributed by atoms with E-state index in [0.717, 1.165) is 23.0 Å². The molecule has 1 aliphatic heterocycles. The molecule has 1 aliphatic rings. The third-order valence-electron chi connectivity index (χ3n) is 4.10. The van der Waals surface area contributed by atoms with E-state index >= 15 is 0 Å². The van der Waals surface area contributed by atoms with E-state index in [2.05, 4.69) is 27.8 Å². The summed E-state index contributed by atoms with van der Waals surface area (Å²) in [4.78, 5) is 16.9. The summed E-state index contributed by atoms with van der Waals surface area (Å²) in [7, 11) is 1.93. The number of carbonyl (C=O) groups excluding carboxylic acids is 1. The number of likely N-dealkylation sites (tertiary alicyclic amines) is 1. The molecule has 0 radical (unpaired) electrons. The molecule has 1 fully saturated rings. The van der Waals surface area contributed by atoms with Crippen molar-refractivity contribution in [3.05, 3.63) is 34.3 Å². The Kier molecular flexibility index (Phi) is 5.61. The standard InChI is InChI=1S/C16H23BrN2O/c1-3-15(12-19-10-4-5-11-19)18(2)16(20)13-6-8-14(17)9-7-13/h6-9,15H,3-5,10-12H2,1-2H3. The molecular formula is C16H23BrN2O. The zero-order valence-electron chi connectivity index (χ0n) is 12.3. The number of nitrogens with zero attached hydrogens (tertiary/aromatic N) is 2. The Morgan fingerprint density at radius 3 is 2.45 bits per heavy atom. The molecule has 1 saturated heterocycles. The van der Waals surface area contributed by atoms with Gasteiger partial charge in [-0.2, -0.15) is 0 Å². The summed E-state index contributed by atoms with van der Waals surface area (Å²) < 4.78 is 1.00. The average molecular weight is 339 g/mol. The summed E-state index contributed by atoms with van der Waals surface area (Å²) in [6, 6.07) is 7.89. The zero-order chi connectivity index (χ0) is 14.5. The molecule has 4 heteroatoms. The third kappa shape index (κ3) is 3.83. The molecule has 20 heavy (non-hydrogen) atoms. The Hall–Kier alpha value is -0.870. The van der Waals surface area contributed by atoms with Crippen LogP contribution in [0.1, 0.15) is 36.5 Å². The lowest BCUT2D eigenvalue weighted by Gasteiger charge is -2.31.